The number of hydrogen-bond donors (Lipinski definition) is 2. The second-order valence-electron chi connectivity index (χ2n) is 7.82. The number of nitrogens with zero attached hydrogens (tertiary/aromatic N) is 2. The number of aliphatic hydroxyl groups is 2. The van der Waals surface area contributed by atoms with Crippen molar-refractivity contribution in [2.75, 3.05) is 59.1 Å². The maximum absolute atomic E-state index is 10.1. The minimum Gasteiger partial charge on any atom is -0.395 e. The third-order valence-electron chi connectivity index (χ3n) is 6.18. The van der Waals surface area contributed by atoms with Crippen LogP contribution in [0, 0.1) is 17.8 Å². The summed E-state index contributed by atoms with van der Waals surface area (Å²) in [6.07, 6.45) is 6.62. The molecule has 2 saturated carbocycles. The Morgan fingerprint density at radius 2 is 1.83 bits per heavy atom. The van der Waals surface area contributed by atoms with E-state index in [1.165, 1.54) is 32.1 Å². The van der Waals surface area contributed by atoms with Gasteiger partial charge in [0, 0.05) is 45.9 Å². The first kappa shape index (κ1) is 17.6. The summed E-state index contributed by atoms with van der Waals surface area (Å²) >= 11 is 0. The van der Waals surface area contributed by atoms with Gasteiger partial charge in [-0.3, -0.25) is 9.80 Å². The van der Waals surface area contributed by atoms with Gasteiger partial charge in [-0.1, -0.05) is 6.42 Å². The van der Waals surface area contributed by atoms with E-state index in [2.05, 4.69) is 9.80 Å². The molecule has 1 aliphatic heterocycles. The van der Waals surface area contributed by atoms with Gasteiger partial charge in [0.15, 0.2) is 0 Å². The first-order valence-electron chi connectivity index (χ1n) is 9.56. The fourth-order valence-electron chi connectivity index (χ4n) is 4.87. The maximum atomic E-state index is 10.1. The Bertz CT molecular complexity index is 347. The van der Waals surface area contributed by atoms with E-state index < -0.39 is 0 Å². The van der Waals surface area contributed by atoms with E-state index in [0.29, 0.717) is 13.2 Å². The lowest BCUT2D eigenvalue weighted by Gasteiger charge is -2.35. The van der Waals surface area contributed by atoms with Crippen LogP contribution in [0.15, 0.2) is 0 Å². The van der Waals surface area contributed by atoms with Crippen molar-refractivity contribution >= 4 is 0 Å². The molecule has 0 aromatic heterocycles. The summed E-state index contributed by atoms with van der Waals surface area (Å²) < 4.78 is 5.75. The summed E-state index contributed by atoms with van der Waals surface area (Å²) in [7, 11) is 0. The molecule has 0 spiro atoms. The van der Waals surface area contributed by atoms with Crippen LogP contribution >= 0.6 is 0 Å². The molecule has 0 radical (unpaired) electrons. The molecule has 2 bridgehead atoms. The van der Waals surface area contributed by atoms with Gasteiger partial charge in [-0.05, 0) is 43.4 Å². The van der Waals surface area contributed by atoms with Crippen LogP contribution in [-0.4, -0.2) is 85.2 Å². The highest BCUT2D eigenvalue weighted by atomic mass is 16.5. The normalized spacial score (nSPS) is 33.4. The van der Waals surface area contributed by atoms with Crippen LogP contribution in [0.3, 0.4) is 0 Å². The molecule has 3 fully saturated rings. The molecule has 0 unspecified atom stereocenters. The molecular formula is C18H34N2O3. The fraction of sp³-hybridized carbons (Fsp3) is 1.00. The van der Waals surface area contributed by atoms with Gasteiger partial charge in [0.25, 0.3) is 0 Å². The van der Waals surface area contributed by atoms with Crippen LogP contribution < -0.4 is 0 Å². The van der Waals surface area contributed by atoms with E-state index in [1.54, 1.807) is 0 Å². The highest BCUT2D eigenvalue weighted by Gasteiger charge is 2.38. The van der Waals surface area contributed by atoms with Gasteiger partial charge >= 0.3 is 0 Å². The number of β-amino-alcohol motifs (C(OH)–C–C–N with tert-alkyl or cyclic N) is 2. The Morgan fingerprint density at radius 1 is 1.04 bits per heavy atom. The third kappa shape index (κ3) is 5.13. The minimum atomic E-state index is -0.376. The van der Waals surface area contributed by atoms with E-state index in [1.807, 2.05) is 0 Å². The predicted molar refractivity (Wildman–Crippen MR) is 90.3 cm³/mol. The smallest absolute Gasteiger partial charge is 0.0900 e. The SMILES string of the molecule is OCCN1CCN(C[C@H](O)COCC[C@H]2C[C@H]3CC[C@H]2C3)CC1. The van der Waals surface area contributed by atoms with Crippen LogP contribution in [0.4, 0.5) is 0 Å². The standard InChI is InChI=1S/C18H34N2O3/c21-9-8-19-4-6-20(7-5-19)13-18(22)14-23-10-3-17-12-15-1-2-16(17)11-15/h15-18,21-22H,1-14H2/t15-,16-,17-,18-/m0/s1. The van der Waals surface area contributed by atoms with Crippen molar-refractivity contribution < 1.29 is 14.9 Å². The van der Waals surface area contributed by atoms with E-state index >= 15 is 0 Å². The molecular weight excluding hydrogens is 292 g/mol. The number of aliphatic hydroxyl groups excluding tert-OH is 2. The zero-order valence-electron chi connectivity index (χ0n) is 14.4. The number of fused-ring (bicyclic) bond motifs is 2. The van der Waals surface area contributed by atoms with Crippen LogP contribution in [0.5, 0.6) is 0 Å². The Kier molecular flexibility index (Phi) is 6.72. The predicted octanol–water partition coefficient (Wildman–Crippen LogP) is 0.800. The molecule has 3 aliphatic rings. The zero-order valence-corrected chi connectivity index (χ0v) is 14.4. The lowest BCUT2D eigenvalue weighted by molar-refractivity contribution is 0.00152. The summed E-state index contributed by atoms with van der Waals surface area (Å²) in [5.41, 5.74) is 0. The lowest BCUT2D eigenvalue weighted by atomic mass is 9.87. The number of rotatable bonds is 9. The summed E-state index contributed by atoms with van der Waals surface area (Å²) in [5, 5.41) is 19.1. The molecule has 23 heavy (non-hydrogen) atoms. The topological polar surface area (TPSA) is 56.2 Å². The third-order valence-corrected chi connectivity index (χ3v) is 6.18. The van der Waals surface area contributed by atoms with Gasteiger partial charge in [-0.25, -0.2) is 0 Å². The first-order valence-corrected chi connectivity index (χ1v) is 9.56. The molecule has 5 nitrogen and oxygen atoms in total. The Morgan fingerprint density at radius 3 is 2.48 bits per heavy atom. The minimum absolute atomic E-state index is 0.235. The van der Waals surface area contributed by atoms with Crippen LogP contribution in [-0.2, 0) is 4.74 Å². The number of hydrogen-bond acceptors (Lipinski definition) is 5. The molecule has 2 aliphatic carbocycles. The van der Waals surface area contributed by atoms with Crippen molar-refractivity contribution in [1.82, 2.24) is 9.80 Å². The summed E-state index contributed by atoms with van der Waals surface area (Å²) in [5.74, 6) is 2.88. The van der Waals surface area contributed by atoms with Gasteiger partial charge in [0.05, 0.1) is 19.3 Å². The molecule has 3 rings (SSSR count). The van der Waals surface area contributed by atoms with Crippen molar-refractivity contribution in [3.05, 3.63) is 0 Å². The molecule has 2 N–H and O–H groups in total. The van der Waals surface area contributed by atoms with E-state index in [4.69, 9.17) is 9.84 Å². The van der Waals surface area contributed by atoms with Crippen molar-refractivity contribution in [2.24, 2.45) is 17.8 Å². The van der Waals surface area contributed by atoms with Gasteiger partial charge in [0.1, 0.15) is 0 Å². The largest absolute Gasteiger partial charge is 0.395 e. The Balaban J connectivity index is 1.22. The van der Waals surface area contributed by atoms with Crippen LogP contribution in [0.25, 0.3) is 0 Å². The summed E-state index contributed by atoms with van der Waals surface area (Å²) in [6, 6.07) is 0. The van der Waals surface area contributed by atoms with Gasteiger partial charge < -0.3 is 14.9 Å². The molecule has 0 amide bonds. The molecule has 5 heteroatoms. The first-order chi connectivity index (χ1) is 11.2. The quantitative estimate of drug-likeness (QED) is 0.614. The molecule has 1 heterocycles. The Hall–Kier alpha value is -0.200. The van der Waals surface area contributed by atoms with Gasteiger partial charge in [-0.15, -0.1) is 0 Å². The fourth-order valence-corrected chi connectivity index (χ4v) is 4.87. The molecule has 4 atom stereocenters. The summed E-state index contributed by atoms with van der Waals surface area (Å²) in [6.45, 7) is 6.91. The average molecular weight is 326 g/mol. The molecule has 0 aromatic carbocycles. The second-order valence-corrected chi connectivity index (χ2v) is 7.82. The highest BCUT2D eigenvalue weighted by molar-refractivity contribution is 4.89. The maximum Gasteiger partial charge on any atom is 0.0900 e. The monoisotopic (exact) mass is 326 g/mol. The summed E-state index contributed by atoms with van der Waals surface area (Å²) in [4.78, 5) is 4.58. The van der Waals surface area contributed by atoms with Crippen LogP contribution in [0.2, 0.25) is 0 Å². The lowest BCUT2D eigenvalue weighted by Crippen LogP contribution is -2.49. The van der Waals surface area contributed by atoms with Crippen molar-refractivity contribution in [3.63, 3.8) is 0 Å². The van der Waals surface area contributed by atoms with Crippen LogP contribution in [0.1, 0.15) is 32.1 Å². The van der Waals surface area contributed by atoms with E-state index in [-0.39, 0.29) is 12.7 Å². The highest BCUT2D eigenvalue weighted by Crippen LogP contribution is 2.49. The number of piperazine rings is 1. The van der Waals surface area contributed by atoms with Crippen molar-refractivity contribution in [1.29, 1.82) is 0 Å². The second kappa shape index (κ2) is 8.77. The van der Waals surface area contributed by atoms with E-state index in [0.717, 1.165) is 57.1 Å². The van der Waals surface area contributed by atoms with Crippen molar-refractivity contribution in [3.8, 4) is 0 Å². The van der Waals surface area contributed by atoms with Gasteiger partial charge in [-0.2, -0.15) is 0 Å². The molecule has 1 saturated heterocycles. The van der Waals surface area contributed by atoms with Gasteiger partial charge in [0.2, 0.25) is 0 Å². The molecule has 0 aromatic rings. The average Bonchev–Trinajstić information content (AvgIpc) is 3.17. The van der Waals surface area contributed by atoms with Crippen molar-refractivity contribution in [2.45, 2.75) is 38.2 Å². The zero-order chi connectivity index (χ0) is 16.1. The molecule has 134 valence electrons. The number of ether oxygens (including phenoxy) is 1. The Labute approximate surface area is 140 Å². The van der Waals surface area contributed by atoms with E-state index in [9.17, 15) is 5.11 Å².